The molecule has 0 bridgehead atoms. The van der Waals surface area contributed by atoms with Gasteiger partial charge in [0.1, 0.15) is 0 Å². The summed E-state index contributed by atoms with van der Waals surface area (Å²) < 4.78 is 0. The van der Waals surface area contributed by atoms with E-state index in [1.165, 1.54) is 89.6 Å². The van der Waals surface area contributed by atoms with Gasteiger partial charge < -0.3 is 9.80 Å². The average molecular weight is 875 g/mol. The van der Waals surface area contributed by atoms with Crippen LogP contribution < -0.4 is 9.80 Å². The van der Waals surface area contributed by atoms with E-state index in [9.17, 15) is 0 Å². The molecule has 0 saturated heterocycles. The van der Waals surface area contributed by atoms with Crippen molar-refractivity contribution in [2.45, 2.75) is 43.7 Å². The second kappa shape index (κ2) is 18.4. The Balaban J connectivity index is 0.903. The Morgan fingerprint density at radius 3 is 1.68 bits per heavy atom. The molecule has 4 aliphatic carbocycles. The SMILES string of the molecule is C1=CC2C3=C(CCC(c4ccc(N(c5ccc(-c6ccc(-c7ccccc7)cc6)cc5)[C@H]5C=CC(C6=CCC(c7ccccc7)C=C6)=CC5)cc4-c4ccccc4)=C3)N(c3ccccc3)C2C=C1. The second-order valence-corrected chi connectivity index (χ2v) is 18.6. The zero-order valence-electron chi connectivity index (χ0n) is 38.3. The van der Waals surface area contributed by atoms with Gasteiger partial charge in [-0.2, -0.15) is 0 Å². The summed E-state index contributed by atoms with van der Waals surface area (Å²) in [5.74, 6) is 0.748. The van der Waals surface area contributed by atoms with E-state index >= 15 is 0 Å². The van der Waals surface area contributed by atoms with Gasteiger partial charge in [0.2, 0.25) is 0 Å². The number of allylic oxidation sites excluding steroid dienone is 11. The minimum absolute atomic E-state index is 0.126. The topological polar surface area (TPSA) is 6.48 Å². The van der Waals surface area contributed by atoms with Crippen molar-refractivity contribution in [3.63, 3.8) is 0 Å². The van der Waals surface area contributed by atoms with Crippen LogP contribution in [-0.2, 0) is 0 Å². The zero-order chi connectivity index (χ0) is 45.2. The van der Waals surface area contributed by atoms with Crippen LogP contribution in [0.25, 0.3) is 39.0 Å². The molecule has 0 radical (unpaired) electrons. The first-order valence-electron chi connectivity index (χ1n) is 24.4. The summed E-state index contributed by atoms with van der Waals surface area (Å²) in [6.07, 6.45) is 30.1. The lowest BCUT2D eigenvalue weighted by molar-refractivity contribution is 0.681. The summed E-state index contributed by atoms with van der Waals surface area (Å²) in [5.41, 5.74) is 20.7. The number of anilines is 3. The number of rotatable bonds is 10. The highest BCUT2D eigenvalue weighted by Crippen LogP contribution is 2.49. The number of nitrogens with zero attached hydrogens (tertiary/aromatic N) is 2. The first-order valence-corrected chi connectivity index (χ1v) is 24.4. The predicted molar refractivity (Wildman–Crippen MR) is 287 cm³/mol. The maximum atomic E-state index is 2.59. The van der Waals surface area contributed by atoms with Crippen LogP contribution in [0.5, 0.6) is 0 Å². The van der Waals surface area contributed by atoms with Crippen LogP contribution in [0.2, 0.25) is 0 Å². The first kappa shape index (κ1) is 41.5. The first-order chi connectivity index (χ1) is 33.7. The molecule has 68 heavy (non-hydrogen) atoms. The molecule has 4 atom stereocenters. The maximum absolute atomic E-state index is 2.59. The van der Waals surface area contributed by atoms with E-state index in [1.807, 2.05) is 0 Å². The van der Waals surface area contributed by atoms with Crippen LogP contribution in [-0.4, -0.2) is 12.1 Å². The van der Waals surface area contributed by atoms with Crippen molar-refractivity contribution in [1.82, 2.24) is 0 Å². The maximum Gasteiger partial charge on any atom is 0.0626 e. The summed E-state index contributed by atoms with van der Waals surface area (Å²) >= 11 is 0. The molecule has 0 aromatic heterocycles. The van der Waals surface area contributed by atoms with Crippen LogP contribution >= 0.6 is 0 Å². The van der Waals surface area contributed by atoms with Gasteiger partial charge >= 0.3 is 0 Å². The third-order valence-electron chi connectivity index (χ3n) is 14.6. The van der Waals surface area contributed by atoms with E-state index in [4.69, 9.17) is 0 Å². The molecule has 5 aliphatic rings. The van der Waals surface area contributed by atoms with Crippen molar-refractivity contribution < 1.29 is 0 Å². The molecule has 7 aromatic carbocycles. The highest BCUT2D eigenvalue weighted by atomic mass is 15.2. The molecule has 2 heteroatoms. The molecule has 0 amide bonds. The molecule has 7 aromatic rings. The molecule has 2 nitrogen and oxygen atoms in total. The van der Waals surface area contributed by atoms with Gasteiger partial charge in [0, 0.05) is 34.6 Å². The normalized spacial score (nSPS) is 20.4. The van der Waals surface area contributed by atoms with Crippen molar-refractivity contribution in [3.8, 4) is 33.4 Å². The molecule has 328 valence electrons. The van der Waals surface area contributed by atoms with Crippen molar-refractivity contribution >= 4 is 22.6 Å². The molecule has 0 N–H and O–H groups in total. The number of hydrogen-bond donors (Lipinski definition) is 0. The van der Waals surface area contributed by atoms with E-state index in [1.54, 1.807) is 0 Å². The standard InChI is InChI=1S/C66H54N2/c1-5-15-47(16-6-1)49-25-29-51(30-26-49)53-33-38-58(39-34-53)67(59-40-35-54(36-41-59)52-31-27-50(28-32-52)48-17-7-2-8-18-48)60-42-43-61(63(46-60)55-19-9-3-10-20-55)56-37-44-66-64(45-56)62-23-13-14-24-65(62)68(66)57-21-11-4-12-22-57/h1-27,29-36,38-40,42-43,45-46,50,59,62,65H,28,37,41,44H2/t50?,59-,62?,65?/m0/s1. The summed E-state index contributed by atoms with van der Waals surface area (Å²) in [4.78, 5) is 5.16. The number of para-hydroxylation sites is 1. The van der Waals surface area contributed by atoms with Crippen molar-refractivity contribution in [2.24, 2.45) is 5.92 Å². The molecule has 3 unspecified atom stereocenters. The third kappa shape index (κ3) is 8.07. The van der Waals surface area contributed by atoms with Gasteiger partial charge in [-0.05, 0) is 129 Å². The number of fused-ring (bicyclic) bond motifs is 2. The Morgan fingerprint density at radius 2 is 1.03 bits per heavy atom. The fraction of sp³-hybridized carbons (Fsp3) is 0.121. The second-order valence-electron chi connectivity index (χ2n) is 18.6. The van der Waals surface area contributed by atoms with Crippen LogP contribution in [0, 0.1) is 5.92 Å². The Labute approximate surface area is 402 Å². The van der Waals surface area contributed by atoms with Gasteiger partial charge in [0.25, 0.3) is 0 Å². The van der Waals surface area contributed by atoms with Gasteiger partial charge in [-0.3, -0.25) is 0 Å². The zero-order valence-corrected chi connectivity index (χ0v) is 38.3. The fourth-order valence-electron chi connectivity index (χ4n) is 11.2. The molecule has 1 heterocycles. The third-order valence-corrected chi connectivity index (χ3v) is 14.6. The Morgan fingerprint density at radius 1 is 0.456 bits per heavy atom. The molecule has 1 aliphatic heterocycles. The van der Waals surface area contributed by atoms with Crippen molar-refractivity contribution in [3.05, 3.63) is 288 Å². The van der Waals surface area contributed by atoms with Crippen molar-refractivity contribution in [1.29, 1.82) is 0 Å². The lowest BCUT2D eigenvalue weighted by Gasteiger charge is -2.34. The van der Waals surface area contributed by atoms with Crippen LogP contribution in [0.3, 0.4) is 0 Å². The summed E-state index contributed by atoms with van der Waals surface area (Å²) in [6.45, 7) is 0. The average Bonchev–Trinajstić information content (AvgIpc) is 3.76. The van der Waals surface area contributed by atoms with E-state index in [2.05, 4.69) is 265 Å². The summed E-state index contributed by atoms with van der Waals surface area (Å²) in [5, 5.41) is 0. The van der Waals surface area contributed by atoms with E-state index < -0.39 is 0 Å². The molecular formula is C66H54N2. The molecular weight excluding hydrogens is 821 g/mol. The lowest BCUT2D eigenvalue weighted by atomic mass is 9.83. The molecule has 0 saturated carbocycles. The highest BCUT2D eigenvalue weighted by molar-refractivity contribution is 5.87. The van der Waals surface area contributed by atoms with Crippen LogP contribution in [0.4, 0.5) is 17.1 Å². The molecule has 0 fully saturated rings. The molecule has 12 rings (SSSR count). The minimum atomic E-state index is 0.126. The quantitative estimate of drug-likeness (QED) is 0.135. The van der Waals surface area contributed by atoms with Gasteiger partial charge in [-0.25, -0.2) is 0 Å². The van der Waals surface area contributed by atoms with Crippen molar-refractivity contribution in [2.75, 3.05) is 9.80 Å². The predicted octanol–water partition coefficient (Wildman–Crippen LogP) is 16.8. The highest BCUT2D eigenvalue weighted by Gasteiger charge is 2.40. The Hall–Kier alpha value is -7.94. The lowest BCUT2D eigenvalue weighted by Crippen LogP contribution is -2.32. The summed E-state index contributed by atoms with van der Waals surface area (Å²) in [7, 11) is 0. The van der Waals surface area contributed by atoms with E-state index in [0.717, 1.165) is 25.7 Å². The van der Waals surface area contributed by atoms with E-state index in [0.29, 0.717) is 17.9 Å². The largest absolute Gasteiger partial charge is 0.337 e. The van der Waals surface area contributed by atoms with Gasteiger partial charge in [0.15, 0.2) is 0 Å². The Bertz CT molecular complexity index is 3200. The number of hydrogen-bond acceptors (Lipinski definition) is 2. The van der Waals surface area contributed by atoms with Gasteiger partial charge in [-0.15, -0.1) is 0 Å². The monoisotopic (exact) mass is 874 g/mol. The smallest absolute Gasteiger partial charge is 0.0626 e. The number of benzene rings is 7. The summed E-state index contributed by atoms with van der Waals surface area (Å²) in [6, 6.07) is 69.4. The van der Waals surface area contributed by atoms with Crippen LogP contribution in [0.15, 0.2) is 277 Å². The molecule has 0 spiro atoms. The van der Waals surface area contributed by atoms with Crippen LogP contribution in [0.1, 0.15) is 42.7 Å². The van der Waals surface area contributed by atoms with Gasteiger partial charge in [-0.1, -0.05) is 218 Å². The van der Waals surface area contributed by atoms with Gasteiger partial charge in [0.05, 0.1) is 12.1 Å². The Kier molecular flexibility index (Phi) is 11.2. The fourth-order valence-corrected chi connectivity index (χ4v) is 11.2. The minimum Gasteiger partial charge on any atom is -0.337 e. The van der Waals surface area contributed by atoms with E-state index in [-0.39, 0.29) is 6.04 Å².